The van der Waals surface area contributed by atoms with Crippen LogP contribution in [0.5, 0.6) is 11.5 Å². The Balaban J connectivity index is 2.20. The highest BCUT2D eigenvalue weighted by molar-refractivity contribution is 5.70. The molecule has 1 aliphatic rings. The highest BCUT2D eigenvalue weighted by Crippen LogP contribution is 2.45. The van der Waals surface area contributed by atoms with Crippen LogP contribution < -0.4 is 4.74 Å². The number of hydrogen-bond donors (Lipinski definition) is 1. The van der Waals surface area contributed by atoms with E-state index in [1.807, 2.05) is 6.07 Å². The van der Waals surface area contributed by atoms with E-state index < -0.39 is 0 Å². The molecule has 1 aromatic rings. The fraction of sp³-hybridized carbons (Fsp3) is 0.500. The Morgan fingerprint density at radius 2 is 2.17 bits per heavy atom. The lowest BCUT2D eigenvalue weighted by molar-refractivity contribution is -0.141. The zero-order valence-electron chi connectivity index (χ0n) is 10.7. The molecule has 0 heterocycles. The Morgan fingerprint density at radius 1 is 1.44 bits per heavy atom. The second kappa shape index (κ2) is 5.29. The third-order valence-electron chi connectivity index (χ3n) is 3.44. The summed E-state index contributed by atoms with van der Waals surface area (Å²) in [7, 11) is 2.92. The van der Waals surface area contributed by atoms with Crippen molar-refractivity contribution in [2.75, 3.05) is 14.2 Å². The average Bonchev–Trinajstić information content (AvgIpc) is 3.19. The first-order valence-electron chi connectivity index (χ1n) is 6.09. The van der Waals surface area contributed by atoms with Gasteiger partial charge in [-0.25, -0.2) is 0 Å². The van der Waals surface area contributed by atoms with E-state index in [1.165, 1.54) is 14.2 Å². The second-order valence-corrected chi connectivity index (χ2v) is 4.66. The quantitative estimate of drug-likeness (QED) is 0.815. The van der Waals surface area contributed by atoms with Gasteiger partial charge in [0, 0.05) is 0 Å². The lowest BCUT2D eigenvalue weighted by atomic mass is 9.91. The molecule has 4 heteroatoms. The summed E-state index contributed by atoms with van der Waals surface area (Å²) in [6, 6.07) is 5.33. The van der Waals surface area contributed by atoms with Crippen molar-refractivity contribution in [3.8, 4) is 11.5 Å². The number of hydrogen-bond acceptors (Lipinski definition) is 4. The van der Waals surface area contributed by atoms with Crippen LogP contribution >= 0.6 is 0 Å². The first kappa shape index (κ1) is 12.7. The smallest absolute Gasteiger partial charge is 0.306 e. The van der Waals surface area contributed by atoms with Crippen LogP contribution in [0.4, 0.5) is 0 Å². The van der Waals surface area contributed by atoms with E-state index >= 15 is 0 Å². The molecule has 0 bridgehead atoms. The summed E-state index contributed by atoms with van der Waals surface area (Å²) in [6.45, 7) is 0. The maximum absolute atomic E-state index is 11.4. The third-order valence-corrected chi connectivity index (χ3v) is 3.44. The number of carbonyl (C=O) groups is 1. The van der Waals surface area contributed by atoms with Crippen molar-refractivity contribution in [2.24, 2.45) is 5.92 Å². The molecule has 0 radical (unpaired) electrons. The average molecular weight is 250 g/mol. The molecule has 4 nitrogen and oxygen atoms in total. The largest absolute Gasteiger partial charge is 0.504 e. The van der Waals surface area contributed by atoms with Crippen LogP contribution in [0.3, 0.4) is 0 Å². The molecule has 0 saturated heterocycles. The Kier molecular flexibility index (Phi) is 3.75. The number of methoxy groups -OCH3 is 2. The van der Waals surface area contributed by atoms with Crippen LogP contribution in [0.1, 0.15) is 30.7 Å². The van der Waals surface area contributed by atoms with Crippen LogP contribution in [0.15, 0.2) is 18.2 Å². The van der Waals surface area contributed by atoms with Gasteiger partial charge in [0.1, 0.15) is 0 Å². The minimum atomic E-state index is -0.206. The number of carbonyl (C=O) groups excluding carboxylic acids is 1. The summed E-state index contributed by atoms with van der Waals surface area (Å²) in [5.41, 5.74) is 0.973. The van der Waals surface area contributed by atoms with Crippen LogP contribution in [0, 0.1) is 5.92 Å². The summed E-state index contributed by atoms with van der Waals surface area (Å²) in [5, 5.41) is 9.79. The normalized spacial score (nSPS) is 16.1. The second-order valence-electron chi connectivity index (χ2n) is 4.66. The molecule has 0 amide bonds. The van der Waals surface area contributed by atoms with E-state index in [1.54, 1.807) is 12.1 Å². The van der Waals surface area contributed by atoms with E-state index in [0.717, 1.165) is 18.4 Å². The van der Waals surface area contributed by atoms with Gasteiger partial charge < -0.3 is 14.6 Å². The first-order valence-corrected chi connectivity index (χ1v) is 6.09. The zero-order valence-corrected chi connectivity index (χ0v) is 10.7. The number of esters is 1. The number of benzene rings is 1. The summed E-state index contributed by atoms with van der Waals surface area (Å²) in [6.07, 6.45) is 2.63. The number of phenols is 1. The molecule has 1 fully saturated rings. The van der Waals surface area contributed by atoms with E-state index in [2.05, 4.69) is 0 Å². The predicted octanol–water partition coefficient (Wildman–Crippen LogP) is 2.46. The minimum Gasteiger partial charge on any atom is -0.504 e. The van der Waals surface area contributed by atoms with Gasteiger partial charge >= 0.3 is 5.97 Å². The lowest BCUT2D eigenvalue weighted by Gasteiger charge is -2.16. The van der Waals surface area contributed by atoms with Gasteiger partial charge in [-0.15, -0.1) is 0 Å². The third kappa shape index (κ3) is 2.75. The molecule has 1 aliphatic carbocycles. The summed E-state index contributed by atoms with van der Waals surface area (Å²) < 4.78 is 9.75. The van der Waals surface area contributed by atoms with Crippen molar-refractivity contribution in [3.05, 3.63) is 23.8 Å². The molecule has 0 aromatic heterocycles. The van der Waals surface area contributed by atoms with E-state index in [9.17, 15) is 9.90 Å². The molecule has 0 spiro atoms. The van der Waals surface area contributed by atoms with Crippen LogP contribution in [0.2, 0.25) is 0 Å². The van der Waals surface area contributed by atoms with Crippen molar-refractivity contribution >= 4 is 5.97 Å². The molecule has 18 heavy (non-hydrogen) atoms. The zero-order chi connectivity index (χ0) is 13.1. The Labute approximate surface area is 107 Å². The fourth-order valence-electron chi connectivity index (χ4n) is 2.26. The molecule has 98 valence electrons. The fourth-order valence-corrected chi connectivity index (χ4v) is 2.26. The van der Waals surface area contributed by atoms with E-state index in [-0.39, 0.29) is 17.6 Å². The van der Waals surface area contributed by atoms with E-state index in [0.29, 0.717) is 18.1 Å². The monoisotopic (exact) mass is 250 g/mol. The predicted molar refractivity (Wildman–Crippen MR) is 66.8 cm³/mol. The van der Waals surface area contributed by atoms with Gasteiger partial charge in [-0.3, -0.25) is 4.79 Å². The number of rotatable bonds is 5. The van der Waals surface area contributed by atoms with Crippen molar-refractivity contribution in [3.63, 3.8) is 0 Å². The number of aromatic hydroxyl groups is 1. The van der Waals surface area contributed by atoms with Crippen molar-refractivity contribution in [1.29, 1.82) is 0 Å². The molecule has 1 N–H and O–H groups in total. The van der Waals surface area contributed by atoms with E-state index in [4.69, 9.17) is 9.47 Å². The first-order chi connectivity index (χ1) is 8.65. The number of phenolic OH excluding ortho intramolecular Hbond substituents is 1. The highest BCUT2D eigenvalue weighted by atomic mass is 16.5. The summed E-state index contributed by atoms with van der Waals surface area (Å²) in [4.78, 5) is 11.4. The molecule has 2 rings (SSSR count). The van der Waals surface area contributed by atoms with Crippen LogP contribution in [0.25, 0.3) is 0 Å². The summed E-state index contributed by atoms with van der Waals surface area (Å²) in [5.74, 6) is 1.02. The van der Waals surface area contributed by atoms with Gasteiger partial charge in [0.05, 0.1) is 20.6 Å². The van der Waals surface area contributed by atoms with Crippen molar-refractivity contribution in [1.82, 2.24) is 0 Å². The topological polar surface area (TPSA) is 55.8 Å². The summed E-state index contributed by atoms with van der Waals surface area (Å²) >= 11 is 0. The molecule has 1 atom stereocenters. The minimum absolute atomic E-state index is 0.116. The highest BCUT2D eigenvalue weighted by Gasteiger charge is 2.34. The molecule has 1 unspecified atom stereocenters. The Hall–Kier alpha value is -1.71. The maximum Gasteiger partial charge on any atom is 0.306 e. The van der Waals surface area contributed by atoms with Gasteiger partial charge in [0.25, 0.3) is 0 Å². The van der Waals surface area contributed by atoms with Crippen molar-refractivity contribution < 1.29 is 19.4 Å². The van der Waals surface area contributed by atoms with Gasteiger partial charge in [0.2, 0.25) is 0 Å². The van der Waals surface area contributed by atoms with Crippen LogP contribution in [-0.2, 0) is 9.53 Å². The molecule has 1 saturated carbocycles. The molecule has 0 aliphatic heterocycles. The Morgan fingerprint density at radius 3 is 2.67 bits per heavy atom. The van der Waals surface area contributed by atoms with Crippen LogP contribution in [-0.4, -0.2) is 25.3 Å². The standard InChI is InChI=1S/C14H18O4/c1-17-13-6-5-10(7-12(13)15)11(9-3-4-9)8-14(16)18-2/h5-7,9,11,15H,3-4,8H2,1-2H3. The number of ether oxygens (including phenoxy) is 2. The molecule has 1 aromatic carbocycles. The van der Waals surface area contributed by atoms with Gasteiger partial charge in [-0.05, 0) is 42.4 Å². The Bertz CT molecular complexity index is 437. The SMILES string of the molecule is COC(=O)CC(c1ccc(OC)c(O)c1)C1CC1. The lowest BCUT2D eigenvalue weighted by Crippen LogP contribution is -2.10. The molecular weight excluding hydrogens is 232 g/mol. The molecular formula is C14H18O4. The van der Waals surface area contributed by atoms with Gasteiger partial charge in [-0.2, -0.15) is 0 Å². The van der Waals surface area contributed by atoms with Gasteiger partial charge in [-0.1, -0.05) is 6.07 Å². The maximum atomic E-state index is 11.4. The van der Waals surface area contributed by atoms with Crippen molar-refractivity contribution in [2.45, 2.75) is 25.2 Å². The van der Waals surface area contributed by atoms with Gasteiger partial charge in [0.15, 0.2) is 11.5 Å².